The van der Waals surface area contributed by atoms with Gasteiger partial charge in [0.2, 0.25) is 5.88 Å². The Hall–Kier alpha value is -4.01. The molecule has 2 aliphatic rings. The Morgan fingerprint density at radius 2 is 1.94 bits per heavy atom. The van der Waals surface area contributed by atoms with E-state index >= 15 is 0 Å². The van der Waals surface area contributed by atoms with Crippen molar-refractivity contribution in [3.05, 3.63) is 64.5 Å². The van der Waals surface area contributed by atoms with E-state index in [1.165, 1.54) is 5.56 Å². The molecule has 9 nitrogen and oxygen atoms in total. The monoisotopic (exact) mass is 455 g/mol. The summed E-state index contributed by atoms with van der Waals surface area (Å²) >= 11 is 0. The number of aromatic amines is 1. The van der Waals surface area contributed by atoms with E-state index in [1.54, 1.807) is 12.5 Å². The molecule has 1 N–H and O–H groups in total. The number of piperidine rings is 1. The number of fused-ring (bicyclic) bond motifs is 2. The number of ether oxygens (including phenoxy) is 1. The molecular formula is C25H25N7O2. The Balaban J connectivity index is 1.17. The van der Waals surface area contributed by atoms with Crippen LogP contribution in [-0.4, -0.2) is 43.3 Å². The number of aryl methyl sites for hydroxylation is 1. The summed E-state index contributed by atoms with van der Waals surface area (Å²) in [6, 6.07) is 9.85. The van der Waals surface area contributed by atoms with Crippen molar-refractivity contribution in [1.82, 2.24) is 24.5 Å². The maximum atomic E-state index is 12.5. The number of pyridine rings is 1. The quantitative estimate of drug-likeness (QED) is 0.497. The molecule has 0 radical (unpaired) electrons. The average molecular weight is 456 g/mol. The molecule has 0 amide bonds. The van der Waals surface area contributed by atoms with Gasteiger partial charge < -0.3 is 9.64 Å². The molecule has 4 aromatic rings. The number of rotatable bonds is 4. The van der Waals surface area contributed by atoms with Crippen molar-refractivity contribution in [2.24, 2.45) is 4.99 Å². The number of benzene rings is 1. The van der Waals surface area contributed by atoms with E-state index in [9.17, 15) is 4.79 Å². The van der Waals surface area contributed by atoms with Crippen LogP contribution in [0.15, 0.2) is 52.6 Å². The summed E-state index contributed by atoms with van der Waals surface area (Å²) in [5, 5.41) is 0. The minimum Gasteiger partial charge on any atom is -0.439 e. The zero-order chi connectivity index (χ0) is 23.2. The summed E-state index contributed by atoms with van der Waals surface area (Å²) in [7, 11) is 0. The number of anilines is 1. The van der Waals surface area contributed by atoms with Crippen molar-refractivity contribution in [3.8, 4) is 11.6 Å². The smallest absolute Gasteiger partial charge is 0.327 e. The summed E-state index contributed by atoms with van der Waals surface area (Å²) in [4.78, 5) is 35.3. The highest BCUT2D eigenvalue weighted by Gasteiger charge is 2.25. The second-order valence-corrected chi connectivity index (χ2v) is 8.98. The molecular weight excluding hydrogens is 430 g/mol. The van der Waals surface area contributed by atoms with Crippen molar-refractivity contribution >= 4 is 28.4 Å². The van der Waals surface area contributed by atoms with Gasteiger partial charge >= 0.3 is 5.69 Å². The second kappa shape index (κ2) is 8.09. The maximum Gasteiger partial charge on any atom is 0.327 e. The number of H-pyrrole nitrogens is 1. The van der Waals surface area contributed by atoms with E-state index in [-0.39, 0.29) is 11.7 Å². The summed E-state index contributed by atoms with van der Waals surface area (Å²) in [6.45, 7) is 5.67. The van der Waals surface area contributed by atoms with Crippen LogP contribution in [0.1, 0.15) is 36.9 Å². The van der Waals surface area contributed by atoms with E-state index in [4.69, 9.17) is 4.74 Å². The van der Waals surface area contributed by atoms with Gasteiger partial charge in [0.25, 0.3) is 0 Å². The molecule has 1 fully saturated rings. The highest BCUT2D eigenvalue weighted by Crippen LogP contribution is 2.36. The second-order valence-electron chi connectivity index (χ2n) is 8.98. The normalized spacial score (nSPS) is 16.1. The van der Waals surface area contributed by atoms with Gasteiger partial charge in [-0.05, 0) is 62.1 Å². The van der Waals surface area contributed by atoms with Crippen LogP contribution in [0, 0.1) is 6.92 Å². The van der Waals surface area contributed by atoms with E-state index in [2.05, 4.69) is 36.8 Å². The van der Waals surface area contributed by atoms with Gasteiger partial charge in [0.1, 0.15) is 17.9 Å². The van der Waals surface area contributed by atoms with Crippen LogP contribution in [0.3, 0.4) is 0 Å². The molecule has 0 spiro atoms. The van der Waals surface area contributed by atoms with Gasteiger partial charge in [-0.25, -0.2) is 19.7 Å². The summed E-state index contributed by atoms with van der Waals surface area (Å²) in [5.41, 5.74) is 5.85. The fourth-order valence-corrected chi connectivity index (χ4v) is 5.03. The van der Waals surface area contributed by atoms with Crippen molar-refractivity contribution in [1.29, 1.82) is 0 Å². The van der Waals surface area contributed by atoms with E-state index < -0.39 is 0 Å². The lowest BCUT2D eigenvalue weighted by molar-refractivity contribution is 0.394. The molecule has 6 rings (SSSR count). The standard InChI is InChI=1S/C25H25N7O2/c1-15-10-19(12-17-11-16(2)29-23(15)17)34-22-13-21(27-14-28-22)31-8-5-18(6-9-31)32-20-4-3-7-26-24(20)30-25(32)33/h3-4,7,10,12-14,18H,5-6,8-9,11H2,1-2H3,(H,26,30,33). The van der Waals surface area contributed by atoms with Crippen molar-refractivity contribution in [2.75, 3.05) is 18.0 Å². The molecule has 34 heavy (non-hydrogen) atoms. The zero-order valence-electron chi connectivity index (χ0n) is 19.2. The predicted octanol–water partition coefficient (Wildman–Crippen LogP) is 4.11. The van der Waals surface area contributed by atoms with Gasteiger partial charge in [0.15, 0.2) is 5.65 Å². The predicted molar refractivity (Wildman–Crippen MR) is 131 cm³/mol. The number of nitrogens with zero attached hydrogens (tertiary/aromatic N) is 6. The SMILES string of the molecule is CC1=Nc2c(C)cc(Oc3cc(N4CCC(n5c(=O)[nH]c6ncccc65)CC4)ncn3)cc2C1. The topological polar surface area (TPSA) is 101 Å². The molecule has 3 aromatic heterocycles. The van der Waals surface area contributed by atoms with E-state index in [0.717, 1.165) is 66.4 Å². The Kier molecular flexibility index (Phi) is 4.90. The molecule has 2 aliphatic heterocycles. The van der Waals surface area contributed by atoms with Crippen LogP contribution >= 0.6 is 0 Å². The Morgan fingerprint density at radius 3 is 2.79 bits per heavy atom. The minimum atomic E-state index is -0.102. The number of nitrogens with one attached hydrogen (secondary N) is 1. The van der Waals surface area contributed by atoms with Crippen molar-refractivity contribution in [3.63, 3.8) is 0 Å². The lowest BCUT2D eigenvalue weighted by Crippen LogP contribution is -2.37. The first-order chi connectivity index (χ1) is 16.5. The molecule has 0 bridgehead atoms. The third-order valence-electron chi connectivity index (χ3n) is 6.60. The minimum absolute atomic E-state index is 0.102. The number of hydrogen-bond acceptors (Lipinski definition) is 7. The van der Waals surface area contributed by atoms with Gasteiger partial charge in [-0.15, -0.1) is 0 Å². The highest BCUT2D eigenvalue weighted by molar-refractivity contribution is 5.93. The van der Waals surface area contributed by atoms with E-state index in [1.807, 2.05) is 41.8 Å². The molecule has 0 atom stereocenters. The van der Waals surface area contributed by atoms with Crippen LogP contribution in [0.2, 0.25) is 0 Å². The van der Waals surface area contributed by atoms with Crippen LogP contribution in [-0.2, 0) is 6.42 Å². The van der Waals surface area contributed by atoms with Gasteiger partial charge in [0, 0.05) is 43.5 Å². The number of aliphatic imine (C=N–C) groups is 1. The van der Waals surface area contributed by atoms with Crippen LogP contribution in [0.4, 0.5) is 11.5 Å². The van der Waals surface area contributed by atoms with Gasteiger partial charge in [-0.2, -0.15) is 0 Å². The first-order valence-corrected chi connectivity index (χ1v) is 11.5. The van der Waals surface area contributed by atoms with Gasteiger partial charge in [0.05, 0.1) is 11.2 Å². The van der Waals surface area contributed by atoms with Crippen LogP contribution in [0.25, 0.3) is 11.2 Å². The highest BCUT2D eigenvalue weighted by atomic mass is 16.5. The van der Waals surface area contributed by atoms with Crippen LogP contribution < -0.4 is 15.3 Å². The first-order valence-electron chi connectivity index (χ1n) is 11.5. The Morgan fingerprint density at radius 1 is 1.09 bits per heavy atom. The van der Waals surface area contributed by atoms with Gasteiger partial charge in [-0.3, -0.25) is 14.5 Å². The number of aromatic nitrogens is 5. The molecule has 0 aliphatic carbocycles. The maximum absolute atomic E-state index is 12.5. The van der Waals surface area contributed by atoms with Crippen LogP contribution in [0.5, 0.6) is 11.6 Å². The van der Waals surface area contributed by atoms with Gasteiger partial charge in [-0.1, -0.05) is 0 Å². The fourth-order valence-electron chi connectivity index (χ4n) is 5.03. The third kappa shape index (κ3) is 3.63. The van der Waals surface area contributed by atoms with Crippen molar-refractivity contribution in [2.45, 2.75) is 39.2 Å². The molecule has 0 saturated carbocycles. The fraction of sp³-hybridized carbons (Fsp3) is 0.320. The molecule has 5 heterocycles. The summed E-state index contributed by atoms with van der Waals surface area (Å²) in [5.74, 6) is 2.10. The molecule has 9 heteroatoms. The first kappa shape index (κ1) is 20.6. The molecule has 0 unspecified atom stereocenters. The largest absolute Gasteiger partial charge is 0.439 e. The molecule has 1 aromatic carbocycles. The zero-order valence-corrected chi connectivity index (χ0v) is 19.2. The lowest BCUT2D eigenvalue weighted by Gasteiger charge is -2.33. The Labute approximate surface area is 196 Å². The molecule has 1 saturated heterocycles. The molecule has 172 valence electrons. The van der Waals surface area contributed by atoms with E-state index in [0.29, 0.717) is 11.5 Å². The summed E-state index contributed by atoms with van der Waals surface area (Å²) in [6.07, 6.45) is 5.77. The van der Waals surface area contributed by atoms with Crippen molar-refractivity contribution < 1.29 is 4.74 Å². The third-order valence-corrected chi connectivity index (χ3v) is 6.60. The lowest BCUT2D eigenvalue weighted by atomic mass is 10.0. The Bertz CT molecular complexity index is 1480. The number of hydrogen-bond donors (Lipinski definition) is 1. The summed E-state index contributed by atoms with van der Waals surface area (Å²) < 4.78 is 7.95. The average Bonchev–Trinajstić information content (AvgIpc) is 3.38. The number of imidazole rings is 1.